The molecule has 45 heavy (non-hydrogen) atoms. The summed E-state index contributed by atoms with van der Waals surface area (Å²) in [4.78, 5) is 57.2. The monoisotopic (exact) mass is 652 g/mol. The molecule has 0 saturated carbocycles. The molecule has 2 saturated heterocycles. The van der Waals surface area contributed by atoms with Crippen LogP contribution in [0.1, 0.15) is 56.0 Å². The lowest BCUT2D eigenvalue weighted by atomic mass is 9.94. The van der Waals surface area contributed by atoms with Crippen LogP contribution in [0.4, 0.5) is 13.6 Å². The second-order valence-electron chi connectivity index (χ2n) is 14.3. The van der Waals surface area contributed by atoms with Crippen molar-refractivity contribution in [3.63, 3.8) is 0 Å². The fourth-order valence-corrected chi connectivity index (χ4v) is 7.02. The number of carbonyl (C=O) groups is 4. The van der Waals surface area contributed by atoms with E-state index in [-0.39, 0.29) is 44.5 Å². The van der Waals surface area contributed by atoms with Crippen molar-refractivity contribution in [2.24, 2.45) is 0 Å². The Kier molecular flexibility index (Phi) is 10.6. The van der Waals surface area contributed by atoms with E-state index in [1.54, 1.807) is 43.9 Å². The van der Waals surface area contributed by atoms with Gasteiger partial charge in [-0.15, -0.1) is 0 Å². The zero-order valence-electron chi connectivity index (χ0n) is 27.1. The molecule has 250 valence electrons. The maximum atomic E-state index is 13.4. The first kappa shape index (κ1) is 34.8. The molecule has 11 nitrogen and oxygen atoms in total. The molecule has 3 aliphatic rings. The Bertz CT molecular complexity index is 1290. The van der Waals surface area contributed by atoms with E-state index in [1.165, 1.54) is 9.80 Å². The van der Waals surface area contributed by atoms with Crippen molar-refractivity contribution in [3.8, 4) is 5.75 Å². The fourth-order valence-electron chi connectivity index (χ4n) is 6.27. The molecule has 1 aromatic rings. The van der Waals surface area contributed by atoms with Crippen LogP contribution in [0, 0.1) is 0 Å². The summed E-state index contributed by atoms with van der Waals surface area (Å²) >= 11 is 0. The number of rotatable bonds is 11. The molecule has 14 heteroatoms. The second kappa shape index (κ2) is 13.7. The third kappa shape index (κ3) is 8.39. The highest BCUT2D eigenvalue weighted by atomic mass is 28.3. The van der Waals surface area contributed by atoms with Gasteiger partial charge in [0.2, 0.25) is 5.91 Å². The summed E-state index contributed by atoms with van der Waals surface area (Å²) in [5, 5.41) is 10.0. The lowest BCUT2D eigenvalue weighted by Gasteiger charge is -2.47. The zero-order valence-corrected chi connectivity index (χ0v) is 28.1. The number of carbonyl (C=O) groups excluding carboxylic acids is 3. The number of hydrogen-bond donors (Lipinski definition) is 1. The van der Waals surface area contributed by atoms with Crippen LogP contribution in [0.2, 0.25) is 25.7 Å². The summed E-state index contributed by atoms with van der Waals surface area (Å²) in [6.07, 6.45) is -3.74. The van der Waals surface area contributed by atoms with E-state index in [0.29, 0.717) is 36.4 Å². The molecule has 3 aliphatic heterocycles. The summed E-state index contributed by atoms with van der Waals surface area (Å²) in [7, 11) is -1.35. The van der Waals surface area contributed by atoms with Crippen LogP contribution in [0.5, 0.6) is 5.75 Å². The number of fused-ring (bicyclic) bond motifs is 1. The molecule has 0 aromatic heterocycles. The van der Waals surface area contributed by atoms with Crippen LogP contribution in [-0.4, -0.2) is 120 Å². The van der Waals surface area contributed by atoms with E-state index in [9.17, 15) is 33.1 Å². The van der Waals surface area contributed by atoms with Crippen molar-refractivity contribution < 1.29 is 42.5 Å². The van der Waals surface area contributed by atoms with E-state index in [4.69, 9.17) is 9.47 Å². The maximum Gasteiger partial charge on any atom is 0.408 e. The molecule has 2 fully saturated rings. The first-order valence-corrected chi connectivity index (χ1v) is 19.2. The molecular formula is C31H46F2N4O7Si. The van der Waals surface area contributed by atoms with Crippen LogP contribution >= 0.6 is 0 Å². The zero-order chi connectivity index (χ0) is 33.3. The summed E-state index contributed by atoms with van der Waals surface area (Å²) in [6.45, 7) is 12.4. The normalized spacial score (nSPS) is 23.1. The smallest absolute Gasteiger partial charge is 0.408 e. The van der Waals surface area contributed by atoms with Crippen LogP contribution in [-0.2, 0) is 20.9 Å². The Balaban J connectivity index is 1.49. The molecular weight excluding hydrogens is 606 g/mol. The molecule has 0 aliphatic carbocycles. The van der Waals surface area contributed by atoms with Gasteiger partial charge in [0.25, 0.3) is 18.2 Å². The highest BCUT2D eigenvalue weighted by molar-refractivity contribution is 6.76. The molecule has 3 heterocycles. The second-order valence-corrected chi connectivity index (χ2v) is 19.9. The number of ether oxygens (including phenoxy) is 2. The van der Waals surface area contributed by atoms with E-state index >= 15 is 0 Å². The summed E-state index contributed by atoms with van der Waals surface area (Å²) in [5.41, 5.74) is 0.281. The molecule has 4 rings (SSSR count). The van der Waals surface area contributed by atoms with Crippen LogP contribution in [0.15, 0.2) is 18.2 Å². The van der Waals surface area contributed by atoms with Crippen LogP contribution < -0.4 is 4.74 Å². The molecule has 0 radical (unpaired) electrons. The van der Waals surface area contributed by atoms with Crippen molar-refractivity contribution in [2.45, 2.75) is 102 Å². The number of halogens is 2. The average Bonchev–Trinajstić information content (AvgIpc) is 3.23. The van der Waals surface area contributed by atoms with E-state index in [0.717, 1.165) is 10.9 Å². The van der Waals surface area contributed by atoms with Crippen molar-refractivity contribution in [1.29, 1.82) is 0 Å². The molecule has 1 unspecified atom stereocenters. The third-order valence-electron chi connectivity index (χ3n) is 8.54. The number of likely N-dealkylation sites (tertiary alicyclic amines) is 2. The van der Waals surface area contributed by atoms with Crippen molar-refractivity contribution in [3.05, 3.63) is 29.3 Å². The Labute approximate surface area is 264 Å². The van der Waals surface area contributed by atoms with Gasteiger partial charge in [0.15, 0.2) is 0 Å². The van der Waals surface area contributed by atoms with Gasteiger partial charge in [-0.1, -0.05) is 19.6 Å². The number of amides is 4. The number of alkyl halides is 2. The first-order valence-electron chi connectivity index (χ1n) is 15.5. The summed E-state index contributed by atoms with van der Waals surface area (Å²) in [6, 6.07) is 4.40. The topological polar surface area (TPSA) is 120 Å². The summed E-state index contributed by atoms with van der Waals surface area (Å²) in [5.74, 6) is -0.735. The predicted molar refractivity (Wildman–Crippen MR) is 165 cm³/mol. The van der Waals surface area contributed by atoms with Crippen molar-refractivity contribution in [2.75, 3.05) is 33.0 Å². The van der Waals surface area contributed by atoms with Gasteiger partial charge < -0.3 is 19.5 Å². The molecule has 0 spiro atoms. The van der Waals surface area contributed by atoms with E-state index < -0.39 is 56.8 Å². The quantitative estimate of drug-likeness (QED) is 0.213. The first-order chi connectivity index (χ1) is 21.0. The molecule has 3 atom stereocenters. The Morgan fingerprint density at radius 1 is 1.16 bits per heavy atom. The number of nitrogens with zero attached hydrogens (tertiary/aromatic N) is 4. The van der Waals surface area contributed by atoms with Crippen molar-refractivity contribution >= 4 is 31.9 Å². The van der Waals surface area contributed by atoms with Gasteiger partial charge in [-0.2, -0.15) is 0 Å². The number of carboxylic acid groups (broad SMARTS) is 1. The van der Waals surface area contributed by atoms with Crippen molar-refractivity contribution in [1.82, 2.24) is 19.6 Å². The standard InChI is InChI=1S/C31H46F2N4O7Si/c1-31(2,3)37(30(41)42)23-11-12-34(18-26(32)33)17-25(23)44-21-7-8-22-20(15-21)16-35(28(22)39)24-9-10-27(38)36(29(24)40)19-43-13-14-45(4,5)6/h7-8,15,23-26H,9-14,16-19H2,1-6H3,(H,41,42)/t23-,24?,25-/m1/s1. The van der Waals surface area contributed by atoms with Gasteiger partial charge in [0, 0.05) is 51.8 Å². The number of hydrogen-bond acceptors (Lipinski definition) is 7. The highest BCUT2D eigenvalue weighted by Crippen LogP contribution is 2.33. The van der Waals surface area contributed by atoms with Gasteiger partial charge >= 0.3 is 6.09 Å². The molecule has 0 bridgehead atoms. The van der Waals surface area contributed by atoms with Crippen LogP contribution in [0.25, 0.3) is 0 Å². The minimum Gasteiger partial charge on any atom is -0.487 e. The predicted octanol–water partition coefficient (Wildman–Crippen LogP) is 4.34. The fraction of sp³-hybridized carbons (Fsp3) is 0.677. The highest BCUT2D eigenvalue weighted by Gasteiger charge is 2.44. The van der Waals surface area contributed by atoms with Crippen LogP contribution in [0.3, 0.4) is 0 Å². The summed E-state index contributed by atoms with van der Waals surface area (Å²) < 4.78 is 38.5. The lowest BCUT2D eigenvalue weighted by Crippen LogP contribution is -2.62. The Morgan fingerprint density at radius 2 is 1.87 bits per heavy atom. The SMILES string of the molecule is CC(C)(C)N(C(=O)O)[C@@H]1CCN(CC(F)F)C[C@H]1Oc1ccc2c(c1)CN(C1CCC(=O)N(COCC[Si](C)(C)C)C1=O)C2=O. The molecule has 1 N–H and O–H groups in total. The number of benzene rings is 1. The van der Waals surface area contributed by atoms with Gasteiger partial charge in [0.05, 0.1) is 12.6 Å². The largest absolute Gasteiger partial charge is 0.487 e. The maximum absolute atomic E-state index is 13.4. The van der Waals surface area contributed by atoms with Gasteiger partial charge in [-0.25, -0.2) is 13.6 Å². The Morgan fingerprint density at radius 3 is 2.49 bits per heavy atom. The van der Waals surface area contributed by atoms with E-state index in [2.05, 4.69) is 19.6 Å². The van der Waals surface area contributed by atoms with Gasteiger partial charge in [-0.05, 0) is 63.4 Å². The van der Waals surface area contributed by atoms with E-state index in [1.807, 2.05) is 0 Å². The lowest BCUT2D eigenvalue weighted by molar-refractivity contribution is -0.158. The number of piperidine rings is 2. The molecule has 1 aromatic carbocycles. The van der Waals surface area contributed by atoms with Gasteiger partial charge in [-0.3, -0.25) is 29.1 Å². The average molecular weight is 653 g/mol. The molecule has 4 amide bonds. The van der Waals surface area contributed by atoms with Gasteiger partial charge in [0.1, 0.15) is 24.6 Å². The third-order valence-corrected chi connectivity index (χ3v) is 10.2. The Hall–Kier alpha value is -3.10. The number of imide groups is 1. The minimum atomic E-state index is -2.54. The minimum absolute atomic E-state index is 0.109.